The maximum Gasteiger partial charge on any atom is 0.497 e. The molecule has 0 bridgehead atoms. The topological polar surface area (TPSA) is 27.7 Å². The minimum Gasteiger partial charge on any atom is -0.413 e. The van der Waals surface area contributed by atoms with Crippen LogP contribution in [-0.4, -0.2) is 27.4 Å². The molecule has 0 aromatic heterocycles. The van der Waals surface area contributed by atoms with Crippen molar-refractivity contribution in [2.75, 3.05) is 0 Å². The molecule has 21 heavy (non-hydrogen) atoms. The van der Waals surface area contributed by atoms with E-state index in [9.17, 15) is 4.39 Å². The van der Waals surface area contributed by atoms with E-state index in [2.05, 4.69) is 0 Å². The maximum absolute atomic E-state index is 14.6. The van der Waals surface area contributed by atoms with Crippen molar-refractivity contribution in [3.63, 3.8) is 0 Å². The molecular weight excluding hydrogens is 286 g/mol. The first-order chi connectivity index (χ1) is 9.64. The molecule has 6 heteroatoms. The van der Waals surface area contributed by atoms with Gasteiger partial charge in [-0.3, -0.25) is 0 Å². The van der Waals surface area contributed by atoms with E-state index in [4.69, 9.17) is 13.7 Å². The predicted molar refractivity (Wildman–Crippen MR) is 84.4 cm³/mol. The zero-order valence-corrected chi connectivity index (χ0v) is 14.6. The van der Waals surface area contributed by atoms with Crippen molar-refractivity contribution in [2.24, 2.45) is 0 Å². The molecule has 1 heterocycles. The van der Waals surface area contributed by atoms with Crippen LogP contribution in [0.3, 0.4) is 0 Å². The van der Waals surface area contributed by atoms with Gasteiger partial charge in [-0.25, -0.2) is 4.39 Å². The molecule has 1 aromatic carbocycles. The molecule has 0 atom stereocenters. The lowest BCUT2D eigenvalue weighted by Gasteiger charge is -2.32. The summed E-state index contributed by atoms with van der Waals surface area (Å²) in [5.41, 5.74) is 0.0447. The fourth-order valence-electron chi connectivity index (χ4n) is 2.09. The van der Waals surface area contributed by atoms with Crippen LogP contribution in [0.15, 0.2) is 18.2 Å². The Morgan fingerprint density at radius 2 is 1.71 bits per heavy atom. The molecule has 1 saturated heterocycles. The second kappa shape index (κ2) is 5.84. The predicted octanol–water partition coefficient (Wildman–Crippen LogP) is 2.89. The first-order valence-electron chi connectivity index (χ1n) is 7.20. The van der Waals surface area contributed by atoms with E-state index < -0.39 is 27.4 Å². The fourth-order valence-corrected chi connectivity index (χ4v) is 2.53. The Morgan fingerprint density at radius 1 is 1.14 bits per heavy atom. The van der Waals surface area contributed by atoms with Crippen LogP contribution < -0.4 is 5.46 Å². The first-order valence-corrected chi connectivity index (χ1v) is 9.61. The average Bonchev–Trinajstić information content (AvgIpc) is 2.57. The molecule has 0 saturated carbocycles. The normalized spacial score (nSPS) is 20.3. The third kappa shape index (κ3) is 3.39. The van der Waals surface area contributed by atoms with E-state index in [1.165, 1.54) is 0 Å². The third-order valence-corrected chi connectivity index (χ3v) is 4.85. The zero-order chi connectivity index (χ0) is 15.8. The molecule has 0 spiro atoms. The van der Waals surface area contributed by atoms with Crippen LogP contribution in [0.4, 0.5) is 4.39 Å². The lowest BCUT2D eigenvalue weighted by Crippen LogP contribution is -2.41. The molecule has 115 valence electrons. The maximum atomic E-state index is 14.6. The smallest absolute Gasteiger partial charge is 0.413 e. The van der Waals surface area contributed by atoms with E-state index in [0.29, 0.717) is 17.6 Å². The summed E-state index contributed by atoms with van der Waals surface area (Å²) in [6.45, 7) is 12.2. The molecule has 0 unspecified atom stereocenters. The molecule has 0 aliphatic carbocycles. The number of benzene rings is 1. The molecule has 0 amide bonds. The second-order valence-corrected chi connectivity index (χ2v) is 8.71. The Hall–Kier alpha value is -0.688. The first kappa shape index (κ1) is 16.7. The summed E-state index contributed by atoms with van der Waals surface area (Å²) >= 11 is 0. The van der Waals surface area contributed by atoms with Crippen molar-refractivity contribution in [1.29, 1.82) is 0 Å². The highest BCUT2D eigenvalue weighted by Gasteiger charge is 2.52. The van der Waals surface area contributed by atoms with Gasteiger partial charge in [0.2, 0.25) is 9.04 Å². The molecule has 1 fully saturated rings. The van der Waals surface area contributed by atoms with Gasteiger partial charge >= 0.3 is 7.12 Å². The van der Waals surface area contributed by atoms with Crippen LogP contribution in [0.2, 0.25) is 13.1 Å². The summed E-state index contributed by atoms with van der Waals surface area (Å²) in [4.78, 5) is 0. The van der Waals surface area contributed by atoms with E-state index >= 15 is 0 Å². The Kier molecular flexibility index (Phi) is 4.63. The molecule has 0 N–H and O–H groups in total. The van der Waals surface area contributed by atoms with Gasteiger partial charge in [0.05, 0.1) is 17.8 Å². The highest BCUT2D eigenvalue weighted by molar-refractivity contribution is 6.62. The van der Waals surface area contributed by atoms with Crippen molar-refractivity contribution in [2.45, 2.75) is 58.6 Å². The van der Waals surface area contributed by atoms with Crippen LogP contribution in [0.5, 0.6) is 0 Å². The summed E-state index contributed by atoms with van der Waals surface area (Å²) in [5, 5.41) is 0. The number of hydrogen-bond donors (Lipinski definition) is 0. The van der Waals surface area contributed by atoms with E-state index in [0.717, 1.165) is 0 Å². The number of halogens is 1. The Morgan fingerprint density at radius 3 is 2.24 bits per heavy atom. The minimum atomic E-state index is -0.846. The minimum absolute atomic E-state index is 0.292. The zero-order valence-electron chi connectivity index (χ0n) is 13.6. The SMILES string of the molecule is C[Si](C)OCc1cccc(B2OC(C)(C)C(C)(C)O2)c1F. The van der Waals surface area contributed by atoms with Gasteiger partial charge in [-0.1, -0.05) is 18.2 Å². The Labute approximate surface area is 128 Å². The van der Waals surface area contributed by atoms with Gasteiger partial charge < -0.3 is 13.7 Å². The van der Waals surface area contributed by atoms with E-state index in [1.54, 1.807) is 12.1 Å². The largest absolute Gasteiger partial charge is 0.497 e. The summed E-state index contributed by atoms with van der Waals surface area (Å²) in [6, 6.07) is 5.28. The van der Waals surface area contributed by atoms with E-state index in [1.807, 2.05) is 46.9 Å². The van der Waals surface area contributed by atoms with Crippen LogP contribution >= 0.6 is 0 Å². The molecule has 1 aromatic rings. The molecule has 1 aliphatic heterocycles. The monoisotopic (exact) mass is 309 g/mol. The van der Waals surface area contributed by atoms with Crippen molar-refractivity contribution >= 4 is 21.6 Å². The van der Waals surface area contributed by atoms with Gasteiger partial charge in [-0.05, 0) is 40.8 Å². The summed E-state index contributed by atoms with van der Waals surface area (Å²) < 4.78 is 32.1. The van der Waals surface area contributed by atoms with Crippen LogP contribution in [0.1, 0.15) is 33.3 Å². The highest BCUT2D eigenvalue weighted by Crippen LogP contribution is 2.36. The third-order valence-electron chi connectivity index (χ3n) is 4.13. The fraction of sp³-hybridized carbons (Fsp3) is 0.600. The molecule has 1 aliphatic rings. The number of rotatable bonds is 4. The Balaban J connectivity index is 2.24. The molecule has 1 radical (unpaired) electrons. The van der Waals surface area contributed by atoms with Crippen LogP contribution in [0.25, 0.3) is 0 Å². The standard InChI is InChI=1S/C15H23BFO3Si/c1-14(2)15(3,4)20-16(19-14)12-9-7-8-11(13(12)17)10-18-21(5)6/h7-9H,10H2,1-6H3. The summed E-state index contributed by atoms with van der Waals surface area (Å²) in [6.07, 6.45) is 0. The van der Waals surface area contributed by atoms with Crippen LogP contribution in [-0.2, 0) is 20.3 Å². The molecule has 2 rings (SSSR count). The van der Waals surface area contributed by atoms with Gasteiger partial charge in [0, 0.05) is 11.0 Å². The van der Waals surface area contributed by atoms with Crippen molar-refractivity contribution in [1.82, 2.24) is 0 Å². The average molecular weight is 309 g/mol. The lowest BCUT2D eigenvalue weighted by molar-refractivity contribution is 0.00578. The van der Waals surface area contributed by atoms with Crippen molar-refractivity contribution in [3.8, 4) is 0 Å². The molecular formula is C15H23BFO3Si. The quantitative estimate of drug-likeness (QED) is 0.801. The van der Waals surface area contributed by atoms with Crippen molar-refractivity contribution in [3.05, 3.63) is 29.6 Å². The van der Waals surface area contributed by atoms with Crippen molar-refractivity contribution < 1.29 is 18.1 Å². The van der Waals surface area contributed by atoms with E-state index in [-0.39, 0.29) is 5.82 Å². The summed E-state index contributed by atoms with van der Waals surface area (Å²) in [7, 11) is -1.52. The second-order valence-electron chi connectivity index (χ2n) is 6.61. The number of hydrogen-bond acceptors (Lipinski definition) is 3. The lowest BCUT2D eigenvalue weighted by atomic mass is 9.78. The summed E-state index contributed by atoms with van der Waals surface area (Å²) in [5.74, 6) is -0.292. The van der Waals surface area contributed by atoms with Gasteiger partial charge in [0.1, 0.15) is 5.82 Å². The van der Waals surface area contributed by atoms with Crippen LogP contribution in [0, 0.1) is 5.82 Å². The molecule has 3 nitrogen and oxygen atoms in total. The van der Waals surface area contributed by atoms with Gasteiger partial charge in [0.25, 0.3) is 0 Å². The highest BCUT2D eigenvalue weighted by atomic mass is 28.3. The van der Waals surface area contributed by atoms with Gasteiger partial charge in [-0.15, -0.1) is 0 Å². The van der Waals surface area contributed by atoms with Gasteiger partial charge in [-0.2, -0.15) is 0 Å². The Bertz CT molecular complexity index is 504. The van der Waals surface area contributed by atoms with Gasteiger partial charge in [0.15, 0.2) is 0 Å².